The summed E-state index contributed by atoms with van der Waals surface area (Å²) in [6.45, 7) is 14.2. The summed E-state index contributed by atoms with van der Waals surface area (Å²) in [6.07, 6.45) is 7.57. The largest absolute Gasteiger partial charge is 0.378 e. The van der Waals surface area contributed by atoms with Gasteiger partial charge in [-0.25, -0.2) is 0 Å². The van der Waals surface area contributed by atoms with Crippen molar-refractivity contribution in [3.63, 3.8) is 0 Å². The second-order valence-electron chi connectivity index (χ2n) is 6.00. The van der Waals surface area contributed by atoms with Gasteiger partial charge in [0.15, 0.2) is 0 Å². The lowest BCUT2D eigenvalue weighted by Crippen LogP contribution is -2.39. The van der Waals surface area contributed by atoms with Crippen LogP contribution in [0.5, 0.6) is 0 Å². The number of likely N-dealkylation sites (tertiary alicyclic amines) is 2. The highest BCUT2D eigenvalue weighted by atomic mass is 16.5. The van der Waals surface area contributed by atoms with Crippen molar-refractivity contribution in [2.24, 2.45) is 5.92 Å². The van der Waals surface area contributed by atoms with Gasteiger partial charge in [-0.15, -0.1) is 6.58 Å². The highest BCUT2D eigenvalue weighted by molar-refractivity contribution is 4.79. The number of hydrogen-bond acceptors (Lipinski definition) is 3. The molecule has 19 heavy (non-hydrogen) atoms. The number of rotatable bonds is 6. The molecule has 2 rings (SSSR count). The Bertz CT molecular complexity index is 253. The number of hydrogen-bond donors (Lipinski definition) is 0. The zero-order valence-electron chi connectivity index (χ0n) is 12.5. The maximum Gasteiger partial charge on any atom is 0.0599 e. The van der Waals surface area contributed by atoms with Gasteiger partial charge in [-0.3, -0.25) is 4.90 Å². The van der Waals surface area contributed by atoms with Crippen molar-refractivity contribution < 1.29 is 4.74 Å². The Morgan fingerprint density at radius 1 is 1.05 bits per heavy atom. The third-order valence-electron chi connectivity index (χ3n) is 4.64. The molecule has 3 heteroatoms. The maximum absolute atomic E-state index is 6.15. The van der Waals surface area contributed by atoms with E-state index in [4.69, 9.17) is 4.74 Å². The third-order valence-corrected chi connectivity index (χ3v) is 4.64. The smallest absolute Gasteiger partial charge is 0.0599 e. The monoisotopic (exact) mass is 266 g/mol. The topological polar surface area (TPSA) is 15.7 Å². The Hall–Kier alpha value is -0.380. The molecule has 0 aromatic heterocycles. The first-order chi connectivity index (χ1) is 9.31. The van der Waals surface area contributed by atoms with Crippen molar-refractivity contribution >= 4 is 0 Å². The van der Waals surface area contributed by atoms with Gasteiger partial charge in [-0.05, 0) is 51.2 Å². The summed E-state index contributed by atoms with van der Waals surface area (Å²) in [4.78, 5) is 5.01. The highest BCUT2D eigenvalue weighted by Gasteiger charge is 2.22. The summed E-state index contributed by atoms with van der Waals surface area (Å²) in [5, 5.41) is 0. The molecule has 2 fully saturated rings. The fourth-order valence-corrected chi connectivity index (χ4v) is 3.18. The van der Waals surface area contributed by atoms with E-state index in [9.17, 15) is 0 Å². The van der Waals surface area contributed by atoms with E-state index in [-0.39, 0.29) is 0 Å². The molecule has 0 spiro atoms. The first-order valence-electron chi connectivity index (χ1n) is 7.99. The van der Waals surface area contributed by atoms with Gasteiger partial charge in [0, 0.05) is 26.2 Å². The summed E-state index contributed by atoms with van der Waals surface area (Å²) in [7, 11) is 0. The quantitative estimate of drug-likeness (QED) is 0.687. The van der Waals surface area contributed by atoms with E-state index in [2.05, 4.69) is 23.3 Å². The van der Waals surface area contributed by atoms with E-state index >= 15 is 0 Å². The summed E-state index contributed by atoms with van der Waals surface area (Å²) in [5.41, 5.74) is 0. The Kier molecular flexibility index (Phi) is 6.35. The molecule has 2 aliphatic heterocycles. The molecular formula is C16H30N2O. The molecule has 0 saturated carbocycles. The number of piperidine rings is 2. The zero-order valence-corrected chi connectivity index (χ0v) is 12.5. The molecule has 0 atom stereocenters. The first-order valence-corrected chi connectivity index (χ1v) is 7.99. The van der Waals surface area contributed by atoms with Crippen LogP contribution in [0.4, 0.5) is 0 Å². The van der Waals surface area contributed by atoms with Crippen LogP contribution in [0.2, 0.25) is 0 Å². The van der Waals surface area contributed by atoms with Crippen molar-refractivity contribution in [1.29, 1.82) is 0 Å². The van der Waals surface area contributed by atoms with E-state index < -0.39 is 0 Å². The van der Waals surface area contributed by atoms with Crippen molar-refractivity contribution in [3.05, 3.63) is 12.7 Å². The van der Waals surface area contributed by atoms with Crippen molar-refractivity contribution in [2.45, 2.75) is 38.7 Å². The van der Waals surface area contributed by atoms with Gasteiger partial charge < -0.3 is 9.64 Å². The van der Waals surface area contributed by atoms with Gasteiger partial charge in [0.25, 0.3) is 0 Å². The van der Waals surface area contributed by atoms with Gasteiger partial charge >= 0.3 is 0 Å². The fraction of sp³-hybridized carbons (Fsp3) is 0.875. The van der Waals surface area contributed by atoms with Gasteiger partial charge in [-0.2, -0.15) is 0 Å². The van der Waals surface area contributed by atoms with Crippen molar-refractivity contribution in [1.82, 2.24) is 9.80 Å². The average molecular weight is 266 g/mol. The molecular weight excluding hydrogens is 236 g/mol. The lowest BCUT2D eigenvalue weighted by molar-refractivity contribution is -0.0179. The first kappa shape index (κ1) is 15.0. The van der Waals surface area contributed by atoms with Crippen LogP contribution in [-0.4, -0.2) is 61.8 Å². The minimum Gasteiger partial charge on any atom is -0.378 e. The Morgan fingerprint density at radius 2 is 1.68 bits per heavy atom. The van der Waals surface area contributed by atoms with Crippen LogP contribution in [0.25, 0.3) is 0 Å². The third kappa shape index (κ3) is 4.90. The molecule has 2 aliphatic rings. The SMILES string of the molecule is C=CCN1CCC(COC2CCN(CC)CC2)CC1. The fourth-order valence-electron chi connectivity index (χ4n) is 3.18. The van der Waals surface area contributed by atoms with Crippen LogP contribution in [0, 0.1) is 5.92 Å². The predicted molar refractivity (Wildman–Crippen MR) is 80.4 cm³/mol. The average Bonchev–Trinajstić information content (AvgIpc) is 2.47. The zero-order chi connectivity index (χ0) is 13.5. The molecule has 110 valence electrons. The molecule has 0 aromatic rings. The van der Waals surface area contributed by atoms with E-state index in [0.717, 1.165) is 19.1 Å². The van der Waals surface area contributed by atoms with E-state index in [1.54, 1.807) is 0 Å². The molecule has 2 heterocycles. The summed E-state index contributed by atoms with van der Waals surface area (Å²) in [6, 6.07) is 0. The van der Waals surface area contributed by atoms with Crippen LogP contribution < -0.4 is 0 Å². The second-order valence-corrected chi connectivity index (χ2v) is 6.00. The lowest BCUT2D eigenvalue weighted by Gasteiger charge is -2.34. The summed E-state index contributed by atoms with van der Waals surface area (Å²) >= 11 is 0. The van der Waals surface area contributed by atoms with Gasteiger partial charge in [-0.1, -0.05) is 13.0 Å². The van der Waals surface area contributed by atoms with Crippen LogP contribution in [0.3, 0.4) is 0 Å². The van der Waals surface area contributed by atoms with Crippen LogP contribution >= 0.6 is 0 Å². The van der Waals surface area contributed by atoms with Crippen LogP contribution in [0.1, 0.15) is 32.6 Å². The molecule has 0 aromatic carbocycles. The van der Waals surface area contributed by atoms with Crippen molar-refractivity contribution in [3.8, 4) is 0 Å². The summed E-state index contributed by atoms with van der Waals surface area (Å²) < 4.78 is 6.15. The second kappa shape index (κ2) is 8.03. The van der Waals surface area contributed by atoms with E-state index in [0.29, 0.717) is 6.10 Å². The number of ether oxygens (including phenoxy) is 1. The molecule has 0 aliphatic carbocycles. The molecule has 2 saturated heterocycles. The molecule has 0 bridgehead atoms. The summed E-state index contributed by atoms with van der Waals surface area (Å²) in [5.74, 6) is 0.783. The predicted octanol–water partition coefficient (Wildman–Crippen LogP) is 2.39. The number of nitrogens with zero attached hydrogens (tertiary/aromatic N) is 2. The van der Waals surface area contributed by atoms with Gasteiger partial charge in [0.2, 0.25) is 0 Å². The normalized spacial score (nSPS) is 24.7. The van der Waals surface area contributed by atoms with Crippen molar-refractivity contribution in [2.75, 3.05) is 45.9 Å². The minimum absolute atomic E-state index is 0.522. The van der Waals surface area contributed by atoms with E-state index in [1.165, 1.54) is 58.4 Å². The molecule has 3 nitrogen and oxygen atoms in total. The van der Waals surface area contributed by atoms with Gasteiger partial charge in [0.05, 0.1) is 6.10 Å². The van der Waals surface area contributed by atoms with E-state index in [1.807, 2.05) is 6.08 Å². The molecule has 0 N–H and O–H groups in total. The van der Waals surface area contributed by atoms with Crippen LogP contribution in [-0.2, 0) is 4.74 Å². The Labute approximate surface area is 118 Å². The Balaban J connectivity index is 1.58. The Morgan fingerprint density at radius 3 is 2.26 bits per heavy atom. The molecule has 0 radical (unpaired) electrons. The standard InChI is InChI=1S/C16H30N2O/c1-3-9-18-10-5-15(6-11-18)14-19-16-7-12-17(4-2)13-8-16/h3,15-16H,1,4-14H2,2H3. The lowest BCUT2D eigenvalue weighted by atomic mass is 9.97. The van der Waals surface area contributed by atoms with Crippen LogP contribution in [0.15, 0.2) is 12.7 Å². The van der Waals surface area contributed by atoms with Gasteiger partial charge in [0.1, 0.15) is 0 Å². The maximum atomic E-state index is 6.15. The molecule has 0 unspecified atom stereocenters. The molecule has 0 amide bonds. The highest BCUT2D eigenvalue weighted by Crippen LogP contribution is 2.20. The minimum atomic E-state index is 0.522.